The van der Waals surface area contributed by atoms with Crippen LogP contribution in [0.4, 0.5) is 11.4 Å². The summed E-state index contributed by atoms with van der Waals surface area (Å²) in [5.41, 5.74) is 5.81. The van der Waals surface area contributed by atoms with Gasteiger partial charge in [-0.2, -0.15) is 0 Å². The smallest absolute Gasteiger partial charge is 0.203 e. The van der Waals surface area contributed by atoms with Crippen molar-refractivity contribution in [1.82, 2.24) is 0 Å². The Morgan fingerprint density at radius 3 is 2.36 bits per heavy atom. The highest BCUT2D eigenvalue weighted by Crippen LogP contribution is 2.34. The summed E-state index contributed by atoms with van der Waals surface area (Å²) < 4.78 is 5.52. The summed E-state index contributed by atoms with van der Waals surface area (Å²) in [5.74, 6) is 1.29. The van der Waals surface area contributed by atoms with E-state index in [1.165, 1.54) is 16.7 Å². The molecule has 0 bridgehead atoms. The van der Waals surface area contributed by atoms with Crippen molar-refractivity contribution in [3.05, 3.63) is 89.5 Å². The molecular formula is C24H25N3O. The zero-order chi connectivity index (χ0) is 19.5. The molecule has 1 heterocycles. The molecule has 0 aliphatic carbocycles. The van der Waals surface area contributed by atoms with Gasteiger partial charge in [-0.1, -0.05) is 60.7 Å². The number of ether oxygens (including phenoxy) is 1. The number of methoxy groups -OCH3 is 1. The van der Waals surface area contributed by atoms with E-state index in [9.17, 15) is 0 Å². The van der Waals surface area contributed by atoms with Gasteiger partial charge in [0.15, 0.2) is 0 Å². The van der Waals surface area contributed by atoms with E-state index >= 15 is 0 Å². The number of anilines is 2. The van der Waals surface area contributed by atoms with E-state index in [0.717, 1.165) is 36.6 Å². The highest BCUT2D eigenvalue weighted by molar-refractivity contribution is 6.09. The van der Waals surface area contributed by atoms with Crippen molar-refractivity contribution in [3.8, 4) is 5.75 Å². The lowest BCUT2D eigenvalue weighted by Crippen LogP contribution is -2.33. The molecule has 142 valence electrons. The molecule has 3 aromatic carbocycles. The Bertz CT molecular complexity index is 984. The molecule has 1 aliphatic heterocycles. The molecule has 1 saturated heterocycles. The minimum atomic E-state index is 0.494. The molecule has 1 N–H and O–H groups in total. The summed E-state index contributed by atoms with van der Waals surface area (Å²) in [4.78, 5) is 4.15. The number of nitrogens with zero attached hydrogens (tertiary/aromatic N) is 2. The Labute approximate surface area is 166 Å². The first kappa shape index (κ1) is 18.1. The zero-order valence-electron chi connectivity index (χ0n) is 16.4. The lowest BCUT2D eigenvalue weighted by molar-refractivity contribution is 0.415. The molecule has 4 heteroatoms. The van der Waals surface area contributed by atoms with Crippen molar-refractivity contribution < 1.29 is 4.74 Å². The van der Waals surface area contributed by atoms with E-state index in [1.54, 1.807) is 7.11 Å². The number of hydrogen-bond acceptors (Lipinski definition) is 2. The van der Waals surface area contributed by atoms with Crippen molar-refractivity contribution in [2.45, 2.75) is 13.3 Å². The third-order valence-electron chi connectivity index (χ3n) is 5.26. The van der Waals surface area contributed by atoms with Crippen LogP contribution in [0.2, 0.25) is 0 Å². The summed E-state index contributed by atoms with van der Waals surface area (Å²) >= 11 is 0. The Morgan fingerprint density at radius 1 is 0.857 bits per heavy atom. The van der Waals surface area contributed by atoms with Gasteiger partial charge >= 0.3 is 0 Å². The van der Waals surface area contributed by atoms with Crippen molar-refractivity contribution in [3.63, 3.8) is 0 Å². The molecule has 0 saturated carbocycles. The molecule has 0 unspecified atom stereocenters. The predicted molar refractivity (Wildman–Crippen MR) is 116 cm³/mol. The Balaban J connectivity index is 1.68. The number of rotatable bonds is 5. The maximum absolute atomic E-state index is 8.88. The van der Waals surface area contributed by atoms with Crippen LogP contribution in [0.5, 0.6) is 5.75 Å². The van der Waals surface area contributed by atoms with Crippen molar-refractivity contribution >= 4 is 17.3 Å². The largest absolute Gasteiger partial charge is 0.495 e. The van der Waals surface area contributed by atoms with Gasteiger partial charge < -0.3 is 14.5 Å². The molecule has 4 nitrogen and oxygen atoms in total. The standard InChI is InChI=1S/C24H25N3O/c1-18-9-8-12-20(17-19-10-4-3-5-11-19)23(18)27-16-15-26(24(27)25)21-13-6-7-14-22(21)28-2/h3-14,25H,15-17H2,1-2H3. The first-order chi connectivity index (χ1) is 13.7. The molecule has 0 aromatic heterocycles. The summed E-state index contributed by atoms with van der Waals surface area (Å²) in [6, 6.07) is 24.8. The molecule has 3 aromatic rings. The quantitative estimate of drug-likeness (QED) is 0.696. The van der Waals surface area contributed by atoms with Gasteiger partial charge in [-0.25, -0.2) is 0 Å². The van der Waals surface area contributed by atoms with E-state index in [4.69, 9.17) is 10.1 Å². The number of para-hydroxylation sites is 3. The van der Waals surface area contributed by atoms with Crippen LogP contribution in [0.3, 0.4) is 0 Å². The molecule has 0 spiro atoms. The second kappa shape index (κ2) is 7.77. The van der Waals surface area contributed by atoms with E-state index in [2.05, 4.69) is 54.3 Å². The fourth-order valence-electron chi connectivity index (χ4n) is 3.93. The number of nitrogens with one attached hydrogen (secondary N) is 1. The van der Waals surface area contributed by atoms with Crippen LogP contribution in [0.15, 0.2) is 72.8 Å². The zero-order valence-corrected chi connectivity index (χ0v) is 16.4. The van der Waals surface area contributed by atoms with Crippen molar-refractivity contribution in [1.29, 1.82) is 5.41 Å². The number of hydrogen-bond donors (Lipinski definition) is 1. The van der Waals surface area contributed by atoms with Gasteiger partial charge in [0.05, 0.1) is 18.5 Å². The molecule has 0 radical (unpaired) electrons. The van der Waals surface area contributed by atoms with E-state index in [1.807, 2.05) is 35.2 Å². The third-order valence-corrected chi connectivity index (χ3v) is 5.26. The number of benzene rings is 3. The average Bonchev–Trinajstić information content (AvgIpc) is 3.10. The normalized spacial score (nSPS) is 13.9. The maximum Gasteiger partial charge on any atom is 0.203 e. The summed E-state index contributed by atoms with van der Waals surface area (Å²) in [6.45, 7) is 3.67. The first-order valence-electron chi connectivity index (χ1n) is 9.58. The molecule has 1 aliphatic rings. The molecule has 1 fully saturated rings. The van der Waals surface area contributed by atoms with Crippen molar-refractivity contribution in [2.24, 2.45) is 0 Å². The van der Waals surface area contributed by atoms with Crippen LogP contribution >= 0.6 is 0 Å². The topological polar surface area (TPSA) is 39.6 Å². The summed E-state index contributed by atoms with van der Waals surface area (Å²) in [6.07, 6.45) is 0.857. The molecule has 28 heavy (non-hydrogen) atoms. The van der Waals surface area contributed by atoms with Gasteiger partial charge in [0, 0.05) is 13.1 Å². The SMILES string of the molecule is COc1ccccc1N1CCN(c2c(C)cccc2Cc2ccccc2)C1=N. The minimum Gasteiger partial charge on any atom is -0.495 e. The van der Waals surface area contributed by atoms with Gasteiger partial charge in [0.1, 0.15) is 5.75 Å². The van der Waals surface area contributed by atoms with Crippen LogP contribution in [-0.4, -0.2) is 26.2 Å². The van der Waals surface area contributed by atoms with Crippen LogP contribution < -0.4 is 14.5 Å². The Hall–Kier alpha value is -3.27. The monoisotopic (exact) mass is 371 g/mol. The van der Waals surface area contributed by atoms with Gasteiger partial charge in [0.25, 0.3) is 0 Å². The lowest BCUT2D eigenvalue weighted by atomic mass is 10.00. The summed E-state index contributed by atoms with van der Waals surface area (Å²) in [7, 11) is 1.68. The minimum absolute atomic E-state index is 0.494. The summed E-state index contributed by atoms with van der Waals surface area (Å²) in [5, 5.41) is 8.88. The highest BCUT2D eigenvalue weighted by Gasteiger charge is 2.31. The molecule has 4 rings (SSSR count). The maximum atomic E-state index is 8.88. The molecular weight excluding hydrogens is 346 g/mol. The van der Waals surface area contributed by atoms with Gasteiger partial charge in [0.2, 0.25) is 5.96 Å². The first-order valence-corrected chi connectivity index (χ1v) is 9.58. The van der Waals surface area contributed by atoms with Crippen LogP contribution in [0.25, 0.3) is 0 Å². The Morgan fingerprint density at radius 2 is 1.57 bits per heavy atom. The Kier molecular flexibility index (Phi) is 5.02. The van der Waals surface area contributed by atoms with E-state index < -0.39 is 0 Å². The van der Waals surface area contributed by atoms with Crippen molar-refractivity contribution in [2.75, 3.05) is 30.0 Å². The molecule has 0 amide bonds. The second-order valence-electron chi connectivity index (χ2n) is 7.04. The lowest BCUT2D eigenvalue weighted by Gasteiger charge is -2.26. The fraction of sp³-hybridized carbons (Fsp3) is 0.208. The predicted octanol–water partition coefficient (Wildman–Crippen LogP) is 4.86. The average molecular weight is 371 g/mol. The third kappa shape index (κ3) is 3.33. The number of aryl methyl sites for hydroxylation is 1. The highest BCUT2D eigenvalue weighted by atomic mass is 16.5. The molecule has 0 atom stereocenters. The second-order valence-corrected chi connectivity index (χ2v) is 7.04. The van der Waals surface area contributed by atoms with Gasteiger partial charge in [-0.15, -0.1) is 0 Å². The van der Waals surface area contributed by atoms with E-state index in [-0.39, 0.29) is 0 Å². The number of guanidine groups is 1. The van der Waals surface area contributed by atoms with E-state index in [0.29, 0.717) is 5.96 Å². The van der Waals surface area contributed by atoms with Crippen LogP contribution in [-0.2, 0) is 6.42 Å². The van der Waals surface area contributed by atoms with Crippen LogP contribution in [0, 0.1) is 12.3 Å². The van der Waals surface area contributed by atoms with Crippen LogP contribution in [0.1, 0.15) is 16.7 Å². The van der Waals surface area contributed by atoms with Gasteiger partial charge in [-0.3, -0.25) is 5.41 Å². The fourth-order valence-corrected chi connectivity index (χ4v) is 3.93. The van der Waals surface area contributed by atoms with Gasteiger partial charge in [-0.05, 0) is 42.2 Å².